The molecule has 2 aromatic rings. The Morgan fingerprint density at radius 2 is 2.11 bits per heavy atom. The predicted molar refractivity (Wildman–Crippen MR) is 83.9 cm³/mol. The Morgan fingerprint density at radius 3 is 2.72 bits per heavy atom. The quantitative estimate of drug-likeness (QED) is 0.698. The zero-order valence-corrected chi connectivity index (χ0v) is 14.0. The van der Waals surface area contributed by atoms with Gasteiger partial charge in [0.05, 0.1) is 8.66 Å². The molecule has 1 amide bonds. The number of carbonyl (C=O) groups excluding carboxylic acids is 1. The van der Waals surface area contributed by atoms with E-state index in [2.05, 4.69) is 37.2 Å². The van der Waals surface area contributed by atoms with Gasteiger partial charge in [-0.25, -0.2) is 0 Å². The normalized spacial score (nSPS) is 10.4. The summed E-state index contributed by atoms with van der Waals surface area (Å²) >= 11 is 14.1. The van der Waals surface area contributed by atoms with Gasteiger partial charge in [-0.1, -0.05) is 17.7 Å². The molecule has 1 N–H and O–H groups in total. The second kappa shape index (κ2) is 5.74. The molecule has 0 saturated carbocycles. The van der Waals surface area contributed by atoms with Crippen LogP contribution in [0.3, 0.4) is 0 Å². The monoisotopic (exact) mass is 407 g/mol. The first-order valence-electron chi connectivity index (χ1n) is 5.00. The molecule has 0 aliphatic heterocycles. The highest BCUT2D eigenvalue weighted by Gasteiger charge is 2.13. The van der Waals surface area contributed by atoms with E-state index in [0.29, 0.717) is 9.90 Å². The molecule has 2 nitrogen and oxygen atoms in total. The van der Waals surface area contributed by atoms with E-state index in [1.807, 2.05) is 19.1 Å². The number of nitrogens with one attached hydrogen (secondary N) is 1. The maximum Gasteiger partial charge on any atom is 0.265 e. The maximum atomic E-state index is 12.1. The summed E-state index contributed by atoms with van der Waals surface area (Å²) in [4.78, 5) is 12.7. The number of carbonyl (C=O) groups is 1. The molecule has 6 heteroatoms. The molecule has 1 aromatic heterocycles. The zero-order valence-electron chi connectivity index (χ0n) is 9.26. The lowest BCUT2D eigenvalue weighted by Crippen LogP contribution is -2.11. The molecule has 1 aromatic carbocycles. The number of anilines is 1. The van der Waals surface area contributed by atoms with Crippen LogP contribution in [0, 0.1) is 6.92 Å². The lowest BCUT2D eigenvalue weighted by molar-refractivity contribution is 0.103. The molecule has 0 fully saturated rings. The molecule has 2 rings (SSSR count). The summed E-state index contributed by atoms with van der Waals surface area (Å²) in [5.41, 5.74) is 1.59. The Labute approximate surface area is 131 Å². The summed E-state index contributed by atoms with van der Waals surface area (Å²) < 4.78 is 1.77. The van der Waals surface area contributed by atoms with Crippen LogP contribution in [0.5, 0.6) is 0 Å². The van der Waals surface area contributed by atoms with Crippen molar-refractivity contribution in [2.75, 3.05) is 5.32 Å². The van der Waals surface area contributed by atoms with Crippen LogP contribution in [0.1, 0.15) is 15.2 Å². The van der Waals surface area contributed by atoms with Crippen LogP contribution in [-0.4, -0.2) is 5.91 Å². The molecule has 0 aliphatic carbocycles. The van der Waals surface area contributed by atoms with Gasteiger partial charge in [0.25, 0.3) is 5.91 Å². The van der Waals surface area contributed by atoms with Crippen LogP contribution < -0.4 is 5.32 Å². The van der Waals surface area contributed by atoms with Crippen molar-refractivity contribution < 1.29 is 4.79 Å². The van der Waals surface area contributed by atoms with Gasteiger partial charge < -0.3 is 5.32 Å². The van der Waals surface area contributed by atoms with Crippen molar-refractivity contribution in [2.24, 2.45) is 0 Å². The van der Waals surface area contributed by atoms with Gasteiger partial charge in [0.15, 0.2) is 0 Å². The molecule has 94 valence electrons. The van der Waals surface area contributed by atoms with Crippen molar-refractivity contribution in [3.05, 3.63) is 48.0 Å². The van der Waals surface area contributed by atoms with Crippen LogP contribution in [0.25, 0.3) is 0 Å². The lowest BCUT2D eigenvalue weighted by Gasteiger charge is -2.08. The summed E-state index contributed by atoms with van der Waals surface area (Å²) in [5, 5.41) is 3.49. The lowest BCUT2D eigenvalue weighted by atomic mass is 10.2. The van der Waals surface area contributed by atoms with Crippen LogP contribution in [0.15, 0.2) is 32.5 Å². The van der Waals surface area contributed by atoms with Gasteiger partial charge in [0.1, 0.15) is 0 Å². The fourth-order valence-corrected chi connectivity index (χ4v) is 3.49. The van der Waals surface area contributed by atoms with Crippen molar-refractivity contribution in [1.29, 1.82) is 0 Å². The van der Waals surface area contributed by atoms with E-state index < -0.39 is 0 Å². The smallest absolute Gasteiger partial charge is 0.265 e. The van der Waals surface area contributed by atoms with E-state index >= 15 is 0 Å². The molecule has 1 heterocycles. The maximum absolute atomic E-state index is 12.1. The number of thiophene rings is 1. The van der Waals surface area contributed by atoms with Crippen molar-refractivity contribution in [2.45, 2.75) is 6.92 Å². The van der Waals surface area contributed by atoms with Gasteiger partial charge in [-0.05, 0) is 62.5 Å². The number of hydrogen-bond donors (Lipinski definition) is 1. The fraction of sp³-hybridized carbons (Fsp3) is 0.0833. The molecule has 18 heavy (non-hydrogen) atoms. The molecule has 0 radical (unpaired) electrons. The summed E-state index contributed by atoms with van der Waals surface area (Å²) in [6.45, 7) is 1.87. The van der Waals surface area contributed by atoms with Crippen LogP contribution in [0.4, 0.5) is 5.69 Å². The molecule has 0 saturated heterocycles. The third kappa shape index (κ3) is 2.96. The second-order valence-electron chi connectivity index (χ2n) is 3.60. The van der Waals surface area contributed by atoms with Crippen LogP contribution >= 0.6 is 54.8 Å². The highest BCUT2D eigenvalue weighted by Crippen LogP contribution is 2.33. The Morgan fingerprint density at radius 1 is 1.39 bits per heavy atom. The number of amides is 1. The van der Waals surface area contributed by atoms with E-state index in [-0.39, 0.29) is 5.91 Å². The van der Waals surface area contributed by atoms with Gasteiger partial charge in [-0.3, -0.25) is 4.79 Å². The average molecular weight is 410 g/mol. The number of halogens is 3. The van der Waals surface area contributed by atoms with E-state index in [0.717, 1.165) is 19.5 Å². The first-order valence-corrected chi connectivity index (χ1v) is 7.78. The first-order chi connectivity index (χ1) is 8.49. The Hall–Kier alpha value is -0.360. The van der Waals surface area contributed by atoms with Crippen LogP contribution in [-0.2, 0) is 0 Å². The topological polar surface area (TPSA) is 29.1 Å². The fourth-order valence-electron chi connectivity index (χ4n) is 1.39. The summed E-state index contributed by atoms with van der Waals surface area (Å²) in [6.07, 6.45) is 0. The molecule has 0 spiro atoms. The number of rotatable bonds is 2. The molecule has 0 atom stereocenters. The van der Waals surface area contributed by atoms with Crippen molar-refractivity contribution in [3.8, 4) is 0 Å². The van der Waals surface area contributed by atoms with Gasteiger partial charge >= 0.3 is 0 Å². The standard InChI is InChI=1S/C12H8Br2ClNOS/c1-6-8(15)3-2-4-9(6)16-12(17)10-5-7(13)11(14)18-10/h2-5H,1H3,(H,16,17). The van der Waals surface area contributed by atoms with Crippen LogP contribution in [0.2, 0.25) is 5.02 Å². The highest BCUT2D eigenvalue weighted by atomic mass is 79.9. The summed E-state index contributed by atoms with van der Waals surface area (Å²) in [5.74, 6) is -0.142. The van der Waals surface area contributed by atoms with Gasteiger partial charge in [0.2, 0.25) is 0 Å². The van der Waals surface area contributed by atoms with E-state index in [4.69, 9.17) is 11.6 Å². The third-order valence-corrected chi connectivity index (χ3v) is 6.05. The second-order valence-corrected chi connectivity index (χ2v) is 7.23. The minimum absolute atomic E-state index is 0.142. The summed E-state index contributed by atoms with van der Waals surface area (Å²) in [6, 6.07) is 7.22. The van der Waals surface area contributed by atoms with Crippen molar-refractivity contribution in [3.63, 3.8) is 0 Å². The molecular formula is C12H8Br2ClNOS. The summed E-state index contributed by atoms with van der Waals surface area (Å²) in [7, 11) is 0. The number of benzene rings is 1. The first kappa shape index (κ1) is 14.1. The SMILES string of the molecule is Cc1c(Cl)cccc1NC(=O)c1cc(Br)c(Br)s1. The predicted octanol–water partition coefficient (Wildman–Crippen LogP) is 5.49. The minimum Gasteiger partial charge on any atom is -0.321 e. The zero-order chi connectivity index (χ0) is 13.3. The van der Waals surface area contributed by atoms with E-state index in [9.17, 15) is 4.79 Å². The largest absolute Gasteiger partial charge is 0.321 e. The minimum atomic E-state index is -0.142. The average Bonchev–Trinajstić information content (AvgIpc) is 2.66. The van der Waals surface area contributed by atoms with E-state index in [1.54, 1.807) is 12.1 Å². The van der Waals surface area contributed by atoms with Crippen molar-refractivity contribution >= 4 is 66.4 Å². The van der Waals surface area contributed by atoms with Gasteiger partial charge in [-0.2, -0.15) is 0 Å². The van der Waals surface area contributed by atoms with Gasteiger partial charge in [-0.15, -0.1) is 11.3 Å². The highest BCUT2D eigenvalue weighted by molar-refractivity contribution is 9.13. The molecule has 0 aliphatic rings. The number of hydrogen-bond acceptors (Lipinski definition) is 2. The molecule has 0 unspecified atom stereocenters. The van der Waals surface area contributed by atoms with Gasteiger partial charge in [0, 0.05) is 15.2 Å². The van der Waals surface area contributed by atoms with E-state index in [1.165, 1.54) is 11.3 Å². The molecular weight excluding hydrogens is 401 g/mol. The van der Waals surface area contributed by atoms with Crippen molar-refractivity contribution in [1.82, 2.24) is 0 Å². The molecule has 0 bridgehead atoms. The Bertz CT molecular complexity index is 593. The Kier molecular flexibility index (Phi) is 4.48. The Balaban J connectivity index is 2.24. The third-order valence-electron chi connectivity index (χ3n) is 2.38.